The summed E-state index contributed by atoms with van der Waals surface area (Å²) in [7, 11) is -3.57. The lowest BCUT2D eigenvalue weighted by Crippen LogP contribution is -2.23. The first-order valence-electron chi connectivity index (χ1n) is 6.92. The quantitative estimate of drug-likeness (QED) is 0.850. The molecular formula is C15H18N2O2S2. The molecular weight excluding hydrogens is 304 g/mol. The van der Waals surface area contributed by atoms with Crippen LogP contribution in [0.2, 0.25) is 0 Å². The van der Waals surface area contributed by atoms with Gasteiger partial charge in [0.2, 0.25) is 10.0 Å². The van der Waals surface area contributed by atoms with E-state index in [9.17, 15) is 8.42 Å². The molecule has 1 aromatic carbocycles. The zero-order valence-corrected chi connectivity index (χ0v) is 13.5. The first kappa shape index (κ1) is 14.6. The van der Waals surface area contributed by atoms with Crippen molar-refractivity contribution in [3.63, 3.8) is 0 Å². The van der Waals surface area contributed by atoms with Crippen LogP contribution in [0.15, 0.2) is 29.2 Å². The highest BCUT2D eigenvalue weighted by molar-refractivity contribution is 7.89. The largest absolute Gasteiger partial charge is 0.398 e. The SMILES string of the molecule is Cc1ccc(S(=O)(=O)NCc2cc3c(s2)CCC3)c(N)c1. The van der Waals surface area contributed by atoms with Crippen molar-refractivity contribution >= 4 is 27.0 Å². The molecule has 2 aromatic rings. The highest BCUT2D eigenvalue weighted by Crippen LogP contribution is 2.30. The number of nitrogen functional groups attached to an aromatic ring is 1. The number of thiophene rings is 1. The number of benzene rings is 1. The summed E-state index contributed by atoms with van der Waals surface area (Å²) in [5.41, 5.74) is 8.43. The maximum atomic E-state index is 12.3. The van der Waals surface area contributed by atoms with Gasteiger partial charge < -0.3 is 5.73 Å². The molecule has 112 valence electrons. The molecule has 0 radical (unpaired) electrons. The van der Waals surface area contributed by atoms with Crippen molar-refractivity contribution in [1.29, 1.82) is 0 Å². The van der Waals surface area contributed by atoms with Crippen molar-refractivity contribution in [2.45, 2.75) is 37.6 Å². The van der Waals surface area contributed by atoms with E-state index in [2.05, 4.69) is 10.8 Å². The number of fused-ring (bicyclic) bond motifs is 1. The Hall–Kier alpha value is -1.37. The first-order valence-corrected chi connectivity index (χ1v) is 9.22. The fourth-order valence-corrected chi connectivity index (χ4v) is 5.04. The van der Waals surface area contributed by atoms with Crippen molar-refractivity contribution in [3.05, 3.63) is 45.1 Å². The Morgan fingerprint density at radius 1 is 1.29 bits per heavy atom. The van der Waals surface area contributed by atoms with Crippen LogP contribution in [-0.2, 0) is 29.4 Å². The fraction of sp³-hybridized carbons (Fsp3) is 0.333. The average molecular weight is 322 g/mol. The van der Waals surface area contributed by atoms with Gasteiger partial charge in [-0.3, -0.25) is 0 Å². The predicted molar refractivity (Wildman–Crippen MR) is 86.0 cm³/mol. The number of aryl methyl sites for hydroxylation is 3. The van der Waals surface area contributed by atoms with Gasteiger partial charge in [-0.25, -0.2) is 13.1 Å². The molecule has 0 saturated carbocycles. The second kappa shape index (κ2) is 5.44. The highest BCUT2D eigenvalue weighted by atomic mass is 32.2. The molecule has 4 nitrogen and oxygen atoms in total. The molecule has 3 rings (SSSR count). The smallest absolute Gasteiger partial charge is 0.242 e. The molecule has 0 saturated heterocycles. The number of anilines is 1. The maximum absolute atomic E-state index is 12.3. The molecule has 1 aromatic heterocycles. The summed E-state index contributed by atoms with van der Waals surface area (Å²) >= 11 is 1.71. The van der Waals surface area contributed by atoms with E-state index < -0.39 is 10.0 Å². The van der Waals surface area contributed by atoms with Crippen LogP contribution in [-0.4, -0.2) is 8.42 Å². The minimum atomic E-state index is -3.57. The Labute approximate surface area is 129 Å². The summed E-state index contributed by atoms with van der Waals surface area (Å²) in [4.78, 5) is 2.62. The third-order valence-electron chi connectivity index (χ3n) is 3.69. The normalized spacial score (nSPS) is 14.3. The van der Waals surface area contributed by atoms with Gasteiger partial charge in [-0.1, -0.05) is 6.07 Å². The van der Waals surface area contributed by atoms with E-state index in [-0.39, 0.29) is 10.6 Å². The molecule has 6 heteroatoms. The standard InChI is InChI=1S/C15H18N2O2S2/c1-10-5-6-15(13(16)7-10)21(18,19)17-9-12-8-11-3-2-4-14(11)20-12/h5-8,17H,2-4,9,16H2,1H3. The number of nitrogens with two attached hydrogens (primary N) is 1. The third kappa shape index (κ3) is 2.97. The molecule has 0 amide bonds. The van der Waals surface area contributed by atoms with Gasteiger partial charge in [-0.15, -0.1) is 11.3 Å². The van der Waals surface area contributed by atoms with E-state index >= 15 is 0 Å². The lowest BCUT2D eigenvalue weighted by atomic mass is 10.2. The Morgan fingerprint density at radius 3 is 2.81 bits per heavy atom. The molecule has 21 heavy (non-hydrogen) atoms. The van der Waals surface area contributed by atoms with Gasteiger partial charge >= 0.3 is 0 Å². The second-order valence-corrected chi connectivity index (χ2v) is 8.34. The molecule has 0 bridgehead atoms. The lowest BCUT2D eigenvalue weighted by molar-refractivity contribution is 0.582. The molecule has 1 aliphatic carbocycles. The van der Waals surface area contributed by atoms with Crippen molar-refractivity contribution < 1.29 is 8.42 Å². The summed E-state index contributed by atoms with van der Waals surface area (Å²) < 4.78 is 27.3. The average Bonchev–Trinajstić information content (AvgIpc) is 2.96. The van der Waals surface area contributed by atoms with Crippen LogP contribution < -0.4 is 10.5 Å². The summed E-state index contributed by atoms with van der Waals surface area (Å²) in [5, 5.41) is 0. The minimum Gasteiger partial charge on any atom is -0.398 e. The molecule has 1 heterocycles. The van der Waals surface area contributed by atoms with Crippen LogP contribution >= 0.6 is 11.3 Å². The molecule has 0 fully saturated rings. The second-order valence-electron chi connectivity index (χ2n) is 5.38. The zero-order valence-electron chi connectivity index (χ0n) is 11.8. The fourth-order valence-electron chi connectivity index (χ4n) is 2.63. The van der Waals surface area contributed by atoms with Crippen molar-refractivity contribution in [3.8, 4) is 0 Å². The number of rotatable bonds is 4. The molecule has 3 N–H and O–H groups in total. The van der Waals surface area contributed by atoms with Crippen LogP contribution in [0, 0.1) is 6.92 Å². The maximum Gasteiger partial charge on any atom is 0.242 e. The van der Waals surface area contributed by atoms with E-state index in [1.165, 1.54) is 16.9 Å². The summed E-state index contributed by atoms with van der Waals surface area (Å²) in [6.45, 7) is 2.21. The number of hydrogen-bond acceptors (Lipinski definition) is 4. The van der Waals surface area contributed by atoms with Crippen LogP contribution in [0.4, 0.5) is 5.69 Å². The van der Waals surface area contributed by atoms with Gasteiger partial charge in [-0.05, 0) is 55.5 Å². The molecule has 1 aliphatic rings. The van der Waals surface area contributed by atoms with Crippen molar-refractivity contribution in [2.75, 3.05) is 5.73 Å². The monoisotopic (exact) mass is 322 g/mol. The number of hydrogen-bond donors (Lipinski definition) is 2. The Balaban J connectivity index is 1.76. The van der Waals surface area contributed by atoms with Crippen LogP contribution in [0.3, 0.4) is 0 Å². The van der Waals surface area contributed by atoms with E-state index in [1.54, 1.807) is 29.5 Å². The summed E-state index contributed by atoms with van der Waals surface area (Å²) in [5.74, 6) is 0. The number of nitrogens with one attached hydrogen (secondary N) is 1. The topological polar surface area (TPSA) is 72.2 Å². The summed E-state index contributed by atoms with van der Waals surface area (Å²) in [6.07, 6.45) is 3.45. The molecule has 0 aliphatic heterocycles. The summed E-state index contributed by atoms with van der Waals surface area (Å²) in [6, 6.07) is 7.11. The van der Waals surface area contributed by atoms with Gasteiger partial charge in [-0.2, -0.15) is 0 Å². The Morgan fingerprint density at radius 2 is 2.10 bits per heavy atom. The van der Waals surface area contributed by atoms with Gasteiger partial charge in [0.05, 0.1) is 5.69 Å². The minimum absolute atomic E-state index is 0.150. The van der Waals surface area contributed by atoms with E-state index in [0.717, 1.165) is 23.3 Å². The van der Waals surface area contributed by atoms with Crippen molar-refractivity contribution in [2.24, 2.45) is 0 Å². The molecule has 0 unspecified atom stereocenters. The van der Waals surface area contributed by atoms with Crippen LogP contribution in [0.5, 0.6) is 0 Å². The Kier molecular flexibility index (Phi) is 3.77. The van der Waals surface area contributed by atoms with Gasteiger partial charge in [0.25, 0.3) is 0 Å². The molecule has 0 atom stereocenters. The zero-order chi connectivity index (χ0) is 15.0. The van der Waals surface area contributed by atoms with Crippen LogP contribution in [0.25, 0.3) is 0 Å². The van der Waals surface area contributed by atoms with E-state index in [4.69, 9.17) is 5.73 Å². The van der Waals surface area contributed by atoms with Gasteiger partial charge in [0, 0.05) is 16.3 Å². The van der Waals surface area contributed by atoms with Gasteiger partial charge in [0.1, 0.15) is 4.90 Å². The van der Waals surface area contributed by atoms with Crippen LogP contribution in [0.1, 0.15) is 27.3 Å². The Bertz CT molecular complexity index is 757. The van der Waals surface area contributed by atoms with E-state index in [1.807, 2.05) is 6.92 Å². The molecule has 0 spiro atoms. The first-order chi connectivity index (χ1) is 9.95. The number of sulfonamides is 1. The third-order valence-corrected chi connectivity index (χ3v) is 6.40. The van der Waals surface area contributed by atoms with E-state index in [0.29, 0.717) is 6.54 Å². The van der Waals surface area contributed by atoms with Crippen molar-refractivity contribution in [1.82, 2.24) is 4.72 Å². The van der Waals surface area contributed by atoms with Gasteiger partial charge in [0.15, 0.2) is 0 Å². The predicted octanol–water partition coefficient (Wildman–Crippen LogP) is 2.61. The lowest BCUT2D eigenvalue weighted by Gasteiger charge is -2.09. The highest BCUT2D eigenvalue weighted by Gasteiger charge is 2.19.